The van der Waals surface area contributed by atoms with Crippen LogP contribution in [0.5, 0.6) is 0 Å². The first-order valence-electron chi connectivity index (χ1n) is 9.11. The molecule has 2 amide bonds. The number of carbonyl (C=O) groups excluding carboxylic acids is 2. The van der Waals surface area contributed by atoms with Crippen LogP contribution in [0.2, 0.25) is 0 Å². The Kier molecular flexibility index (Phi) is 6.03. The van der Waals surface area contributed by atoms with Crippen LogP contribution in [0, 0.1) is 11.8 Å². The molecule has 0 bridgehead atoms. The minimum absolute atomic E-state index is 0.00495. The molecule has 1 N–H and O–H groups in total. The van der Waals surface area contributed by atoms with E-state index in [1.807, 2.05) is 44.7 Å². The maximum atomic E-state index is 12.6. The molecule has 0 aromatic heterocycles. The van der Waals surface area contributed by atoms with Gasteiger partial charge in [-0.1, -0.05) is 39.8 Å². The summed E-state index contributed by atoms with van der Waals surface area (Å²) < 4.78 is 0. The van der Waals surface area contributed by atoms with Gasteiger partial charge in [0.15, 0.2) is 0 Å². The summed E-state index contributed by atoms with van der Waals surface area (Å²) in [7, 11) is 0. The quantitative estimate of drug-likeness (QED) is 0.887. The molecule has 4 heteroatoms. The Labute approximate surface area is 145 Å². The minimum atomic E-state index is 0.00495. The molecule has 0 saturated carbocycles. The molecule has 0 unspecified atom stereocenters. The van der Waals surface area contributed by atoms with Crippen LogP contribution in [0.15, 0.2) is 18.2 Å². The lowest BCUT2D eigenvalue weighted by Gasteiger charge is -2.37. The minimum Gasteiger partial charge on any atom is -0.335 e. The zero-order valence-corrected chi connectivity index (χ0v) is 15.6. The van der Waals surface area contributed by atoms with Crippen molar-refractivity contribution in [2.75, 3.05) is 5.32 Å². The molecule has 3 atom stereocenters. The van der Waals surface area contributed by atoms with Crippen molar-refractivity contribution >= 4 is 17.5 Å². The van der Waals surface area contributed by atoms with Gasteiger partial charge in [0.05, 0.1) is 0 Å². The number of anilines is 1. The van der Waals surface area contributed by atoms with Crippen LogP contribution < -0.4 is 5.32 Å². The van der Waals surface area contributed by atoms with Gasteiger partial charge in [-0.05, 0) is 43.4 Å². The van der Waals surface area contributed by atoms with E-state index in [9.17, 15) is 9.59 Å². The second kappa shape index (κ2) is 7.82. The number of fused-ring (bicyclic) bond motifs is 1. The van der Waals surface area contributed by atoms with E-state index >= 15 is 0 Å². The van der Waals surface area contributed by atoms with Crippen LogP contribution in [0.4, 0.5) is 5.69 Å². The third-order valence-electron chi connectivity index (χ3n) is 5.28. The van der Waals surface area contributed by atoms with Crippen LogP contribution in [0.1, 0.15) is 58.6 Å². The highest BCUT2D eigenvalue weighted by molar-refractivity contribution is 5.93. The topological polar surface area (TPSA) is 49.4 Å². The normalized spacial score (nSPS) is 19.4. The maximum Gasteiger partial charge on any atom is 0.227 e. The number of amides is 2. The first-order valence-corrected chi connectivity index (χ1v) is 9.11. The number of carbonyl (C=O) groups is 2. The lowest BCUT2D eigenvalue weighted by atomic mass is 9.91. The average molecular weight is 330 g/mol. The Hall–Kier alpha value is -1.84. The van der Waals surface area contributed by atoms with E-state index in [0.29, 0.717) is 6.54 Å². The van der Waals surface area contributed by atoms with E-state index < -0.39 is 0 Å². The molecule has 1 aromatic rings. The van der Waals surface area contributed by atoms with Crippen molar-refractivity contribution < 1.29 is 9.59 Å². The largest absolute Gasteiger partial charge is 0.335 e. The highest BCUT2D eigenvalue weighted by Gasteiger charge is 2.30. The van der Waals surface area contributed by atoms with Crippen LogP contribution >= 0.6 is 0 Å². The molecule has 0 saturated heterocycles. The summed E-state index contributed by atoms with van der Waals surface area (Å²) in [5.41, 5.74) is 3.22. The van der Waals surface area contributed by atoms with Gasteiger partial charge < -0.3 is 10.2 Å². The van der Waals surface area contributed by atoms with E-state index in [2.05, 4.69) is 18.3 Å². The van der Waals surface area contributed by atoms with Crippen molar-refractivity contribution in [1.82, 2.24) is 4.90 Å². The van der Waals surface area contributed by atoms with Crippen molar-refractivity contribution in [3.8, 4) is 0 Å². The number of nitrogens with one attached hydrogen (secondary N) is 1. The molecule has 1 aliphatic heterocycles. The van der Waals surface area contributed by atoms with Gasteiger partial charge in [-0.25, -0.2) is 0 Å². The fourth-order valence-electron chi connectivity index (χ4n) is 3.08. The van der Waals surface area contributed by atoms with Gasteiger partial charge in [-0.3, -0.25) is 9.59 Å². The summed E-state index contributed by atoms with van der Waals surface area (Å²) >= 11 is 0. The Morgan fingerprint density at radius 1 is 1.21 bits per heavy atom. The third kappa shape index (κ3) is 3.80. The lowest BCUT2D eigenvalue weighted by molar-refractivity contribution is -0.138. The zero-order chi connectivity index (χ0) is 17.9. The number of hydrogen-bond acceptors (Lipinski definition) is 2. The number of nitrogens with zero attached hydrogens (tertiary/aromatic N) is 1. The van der Waals surface area contributed by atoms with E-state index in [0.717, 1.165) is 30.5 Å². The molecule has 2 rings (SSSR count). The molecule has 0 aliphatic carbocycles. The van der Waals surface area contributed by atoms with Crippen molar-refractivity contribution in [3.63, 3.8) is 0 Å². The molecule has 0 spiro atoms. The van der Waals surface area contributed by atoms with Crippen LogP contribution in [0.3, 0.4) is 0 Å². The Balaban J connectivity index is 2.23. The van der Waals surface area contributed by atoms with Gasteiger partial charge in [0.25, 0.3) is 0 Å². The molecule has 1 aromatic carbocycles. The predicted molar refractivity (Wildman–Crippen MR) is 97.7 cm³/mol. The summed E-state index contributed by atoms with van der Waals surface area (Å²) in [6.07, 6.45) is 2.48. The molecule has 1 aliphatic rings. The molecule has 132 valence electrons. The smallest absolute Gasteiger partial charge is 0.227 e. The van der Waals surface area contributed by atoms with Crippen molar-refractivity contribution in [3.05, 3.63) is 29.3 Å². The highest BCUT2D eigenvalue weighted by Crippen LogP contribution is 2.30. The number of benzene rings is 1. The molecule has 0 radical (unpaired) electrons. The van der Waals surface area contributed by atoms with Gasteiger partial charge >= 0.3 is 0 Å². The molecule has 0 fully saturated rings. The SMILES string of the molecule is CC[C@@H](C)C(=O)N1Cc2cccc(NC(=O)[C@@H](C)CC)c2C[C@H]1C. The van der Waals surface area contributed by atoms with Gasteiger partial charge in [0, 0.05) is 30.1 Å². The van der Waals surface area contributed by atoms with Crippen LogP contribution in [-0.2, 0) is 22.6 Å². The van der Waals surface area contributed by atoms with Crippen LogP contribution in [-0.4, -0.2) is 22.8 Å². The van der Waals surface area contributed by atoms with Crippen molar-refractivity contribution in [2.24, 2.45) is 11.8 Å². The lowest BCUT2D eigenvalue weighted by Crippen LogP contribution is -2.45. The van der Waals surface area contributed by atoms with Crippen molar-refractivity contribution in [2.45, 2.75) is 66.5 Å². The second-order valence-electron chi connectivity index (χ2n) is 7.07. The molecule has 24 heavy (non-hydrogen) atoms. The molecular formula is C20H30N2O2. The fraction of sp³-hybridized carbons (Fsp3) is 0.600. The first kappa shape index (κ1) is 18.5. The molecule has 4 nitrogen and oxygen atoms in total. The maximum absolute atomic E-state index is 12.6. The predicted octanol–water partition coefficient (Wildman–Crippen LogP) is 3.99. The van der Waals surface area contributed by atoms with Gasteiger partial charge in [0.2, 0.25) is 11.8 Å². The van der Waals surface area contributed by atoms with Gasteiger partial charge in [-0.15, -0.1) is 0 Å². The summed E-state index contributed by atoms with van der Waals surface area (Å²) in [5.74, 6) is 0.356. The van der Waals surface area contributed by atoms with Crippen molar-refractivity contribution in [1.29, 1.82) is 0 Å². The van der Waals surface area contributed by atoms with Crippen LogP contribution in [0.25, 0.3) is 0 Å². The monoisotopic (exact) mass is 330 g/mol. The molecular weight excluding hydrogens is 300 g/mol. The Morgan fingerprint density at radius 3 is 2.50 bits per heavy atom. The summed E-state index contributed by atoms with van der Waals surface area (Å²) in [6, 6.07) is 6.16. The second-order valence-corrected chi connectivity index (χ2v) is 7.07. The van der Waals surface area contributed by atoms with Gasteiger partial charge in [0.1, 0.15) is 0 Å². The van der Waals surface area contributed by atoms with E-state index in [-0.39, 0.29) is 29.7 Å². The Bertz CT molecular complexity index is 612. The zero-order valence-electron chi connectivity index (χ0n) is 15.6. The fourth-order valence-corrected chi connectivity index (χ4v) is 3.08. The van der Waals surface area contributed by atoms with Gasteiger partial charge in [-0.2, -0.15) is 0 Å². The average Bonchev–Trinajstić information content (AvgIpc) is 2.59. The van der Waals surface area contributed by atoms with E-state index in [4.69, 9.17) is 0 Å². The third-order valence-corrected chi connectivity index (χ3v) is 5.28. The number of rotatable bonds is 5. The standard InChI is InChI=1S/C20H30N2O2/c1-6-13(3)19(23)21-18-10-8-9-16-12-22(15(5)11-17(16)18)20(24)14(4)7-2/h8-10,13-15H,6-7,11-12H2,1-5H3,(H,21,23)/t13-,14+,15+/m0/s1. The number of hydrogen-bond donors (Lipinski definition) is 1. The van der Waals surface area contributed by atoms with E-state index in [1.165, 1.54) is 5.56 Å². The summed E-state index contributed by atoms with van der Waals surface area (Å²) in [5, 5.41) is 3.08. The highest BCUT2D eigenvalue weighted by atomic mass is 16.2. The van der Waals surface area contributed by atoms with E-state index in [1.54, 1.807) is 0 Å². The summed E-state index contributed by atoms with van der Waals surface area (Å²) in [6.45, 7) is 10.7. The first-order chi connectivity index (χ1) is 11.4. The molecule has 1 heterocycles. The Morgan fingerprint density at radius 2 is 1.88 bits per heavy atom. The summed E-state index contributed by atoms with van der Waals surface area (Å²) in [4.78, 5) is 26.8.